The van der Waals surface area contributed by atoms with Gasteiger partial charge in [-0.2, -0.15) is 0 Å². The minimum atomic E-state index is 1.22. The monoisotopic (exact) mass is 566 g/mol. The van der Waals surface area contributed by atoms with Gasteiger partial charge in [0.1, 0.15) is 0 Å². The molecule has 230 valence electrons. The summed E-state index contributed by atoms with van der Waals surface area (Å²) in [4.78, 5) is 0. The standard InChI is InChI=1S/C42H62/c1-5-7-9-11-13-15-17-19-21-23-25-35-31-33(3)37-28-30-40-36(26-24-22-20-18-16-14-12-10-8-6-2)32-34(4)38-27-29-39(35)41(37)42(38)40/h27-32H,5-26H2,1-4H3. The molecule has 4 aromatic rings. The number of rotatable bonds is 22. The molecule has 0 aliphatic carbocycles. The zero-order valence-corrected chi connectivity index (χ0v) is 28.0. The van der Waals surface area contributed by atoms with Crippen LogP contribution in [0.15, 0.2) is 36.4 Å². The van der Waals surface area contributed by atoms with Crippen LogP contribution in [0.25, 0.3) is 32.3 Å². The van der Waals surface area contributed by atoms with E-state index >= 15 is 0 Å². The largest absolute Gasteiger partial charge is 0.0654 e. The van der Waals surface area contributed by atoms with Crippen molar-refractivity contribution in [2.75, 3.05) is 0 Å². The van der Waals surface area contributed by atoms with Crippen molar-refractivity contribution in [3.63, 3.8) is 0 Å². The lowest BCUT2D eigenvalue weighted by Crippen LogP contribution is -1.97. The van der Waals surface area contributed by atoms with E-state index in [2.05, 4.69) is 64.1 Å². The molecule has 0 atom stereocenters. The lowest BCUT2D eigenvalue weighted by Gasteiger charge is -2.19. The molecular formula is C42H62. The normalized spacial score (nSPS) is 12.0. The van der Waals surface area contributed by atoms with E-state index in [9.17, 15) is 0 Å². The summed E-state index contributed by atoms with van der Waals surface area (Å²) in [5.41, 5.74) is 6.06. The van der Waals surface area contributed by atoms with E-state index in [-0.39, 0.29) is 0 Å². The fourth-order valence-electron chi connectivity index (χ4n) is 7.54. The highest BCUT2D eigenvalue weighted by Crippen LogP contribution is 2.41. The van der Waals surface area contributed by atoms with Gasteiger partial charge >= 0.3 is 0 Å². The Labute approximate surface area is 259 Å². The van der Waals surface area contributed by atoms with E-state index in [4.69, 9.17) is 0 Å². The van der Waals surface area contributed by atoms with Gasteiger partial charge in [0.2, 0.25) is 0 Å². The van der Waals surface area contributed by atoms with Crippen molar-refractivity contribution in [2.45, 2.75) is 169 Å². The molecule has 0 nitrogen and oxygen atoms in total. The molecule has 0 saturated heterocycles. The predicted octanol–water partition coefficient (Wildman–Crippen LogP) is 14.1. The first-order valence-corrected chi connectivity index (χ1v) is 18.3. The van der Waals surface area contributed by atoms with Gasteiger partial charge in [-0.15, -0.1) is 0 Å². The van der Waals surface area contributed by atoms with Crippen molar-refractivity contribution < 1.29 is 0 Å². The van der Waals surface area contributed by atoms with Gasteiger partial charge in [0.15, 0.2) is 0 Å². The summed E-state index contributed by atoms with van der Waals surface area (Å²) >= 11 is 0. The van der Waals surface area contributed by atoms with Crippen molar-refractivity contribution in [1.29, 1.82) is 0 Å². The minimum absolute atomic E-state index is 1.22. The minimum Gasteiger partial charge on any atom is -0.0654 e. The molecule has 0 spiro atoms. The number of unbranched alkanes of at least 4 members (excludes halogenated alkanes) is 18. The molecule has 0 aromatic heterocycles. The van der Waals surface area contributed by atoms with Crippen LogP contribution in [-0.4, -0.2) is 0 Å². The van der Waals surface area contributed by atoms with Crippen LogP contribution in [0.4, 0.5) is 0 Å². The van der Waals surface area contributed by atoms with Gasteiger partial charge in [0.25, 0.3) is 0 Å². The topological polar surface area (TPSA) is 0 Å². The molecule has 0 heteroatoms. The molecule has 0 saturated carbocycles. The Bertz CT molecular complexity index is 1220. The molecule has 0 N–H and O–H groups in total. The van der Waals surface area contributed by atoms with Crippen molar-refractivity contribution in [3.8, 4) is 0 Å². The summed E-state index contributed by atoms with van der Waals surface area (Å²) in [6, 6.07) is 14.8. The first-order chi connectivity index (χ1) is 20.7. The molecule has 4 rings (SSSR count). The first kappa shape index (κ1) is 32.8. The van der Waals surface area contributed by atoms with Crippen molar-refractivity contribution in [1.82, 2.24) is 0 Å². The third-order valence-corrected chi connectivity index (χ3v) is 10.1. The van der Waals surface area contributed by atoms with Crippen LogP contribution in [-0.2, 0) is 12.8 Å². The summed E-state index contributed by atoms with van der Waals surface area (Å²) in [5.74, 6) is 0. The zero-order chi connectivity index (χ0) is 29.6. The van der Waals surface area contributed by atoms with Gasteiger partial charge in [-0.25, -0.2) is 0 Å². The number of hydrogen-bond donors (Lipinski definition) is 0. The summed E-state index contributed by atoms with van der Waals surface area (Å²) < 4.78 is 0. The Hall–Kier alpha value is -2.08. The second-order valence-electron chi connectivity index (χ2n) is 13.6. The quantitative estimate of drug-likeness (QED) is 0.0655. The van der Waals surface area contributed by atoms with Crippen molar-refractivity contribution in [2.24, 2.45) is 0 Å². The molecule has 0 aliphatic heterocycles. The molecular weight excluding hydrogens is 504 g/mol. The SMILES string of the molecule is CCCCCCCCCCCCc1cc(C)c2ccc3c(CCCCCCCCCCCC)cc(C)c4ccc1c2c43. The second kappa shape index (κ2) is 17.9. The summed E-state index contributed by atoms with van der Waals surface area (Å²) in [7, 11) is 0. The predicted molar refractivity (Wildman–Crippen MR) is 191 cm³/mol. The summed E-state index contributed by atoms with van der Waals surface area (Å²) in [6.07, 6.45) is 30.5. The van der Waals surface area contributed by atoms with Crippen LogP contribution in [0.3, 0.4) is 0 Å². The lowest BCUT2D eigenvalue weighted by molar-refractivity contribution is 0.556. The molecule has 4 aromatic carbocycles. The van der Waals surface area contributed by atoms with E-state index in [1.807, 2.05) is 0 Å². The Morgan fingerprint density at radius 3 is 0.976 bits per heavy atom. The Morgan fingerprint density at radius 1 is 0.357 bits per heavy atom. The zero-order valence-electron chi connectivity index (χ0n) is 28.0. The smallest absolute Gasteiger partial charge is 0.00212 e. The molecule has 0 radical (unpaired) electrons. The summed E-state index contributed by atoms with van der Waals surface area (Å²) in [6.45, 7) is 9.29. The first-order valence-electron chi connectivity index (χ1n) is 18.3. The number of hydrogen-bond acceptors (Lipinski definition) is 0. The molecule has 0 aliphatic rings. The van der Waals surface area contributed by atoms with E-state index in [1.165, 1.54) is 174 Å². The fourth-order valence-corrected chi connectivity index (χ4v) is 7.54. The number of aryl methyl sites for hydroxylation is 4. The maximum Gasteiger partial charge on any atom is -0.00212 e. The molecule has 0 fully saturated rings. The Kier molecular flexibility index (Phi) is 14.0. The van der Waals surface area contributed by atoms with Crippen LogP contribution in [0.1, 0.15) is 165 Å². The van der Waals surface area contributed by atoms with Crippen LogP contribution >= 0.6 is 0 Å². The average molecular weight is 567 g/mol. The highest BCUT2D eigenvalue weighted by molar-refractivity contribution is 6.25. The van der Waals surface area contributed by atoms with Gasteiger partial charge in [-0.3, -0.25) is 0 Å². The van der Waals surface area contributed by atoms with E-state index < -0.39 is 0 Å². The Morgan fingerprint density at radius 2 is 0.643 bits per heavy atom. The van der Waals surface area contributed by atoms with Gasteiger partial charge in [0.05, 0.1) is 0 Å². The summed E-state index contributed by atoms with van der Waals surface area (Å²) in [5, 5.41) is 9.04. The van der Waals surface area contributed by atoms with Crippen LogP contribution in [0, 0.1) is 13.8 Å². The number of benzene rings is 4. The van der Waals surface area contributed by atoms with Gasteiger partial charge in [-0.1, -0.05) is 166 Å². The van der Waals surface area contributed by atoms with E-state index in [1.54, 1.807) is 21.9 Å². The van der Waals surface area contributed by atoms with Gasteiger partial charge < -0.3 is 0 Å². The molecule has 0 amide bonds. The average Bonchev–Trinajstić information content (AvgIpc) is 3.00. The highest BCUT2D eigenvalue weighted by atomic mass is 14.2. The van der Waals surface area contributed by atoms with Crippen LogP contribution in [0.2, 0.25) is 0 Å². The van der Waals surface area contributed by atoms with Crippen LogP contribution < -0.4 is 0 Å². The third kappa shape index (κ3) is 8.97. The Balaban J connectivity index is 1.38. The van der Waals surface area contributed by atoms with Crippen molar-refractivity contribution in [3.05, 3.63) is 58.7 Å². The maximum atomic E-state index is 2.51. The van der Waals surface area contributed by atoms with Gasteiger partial charge in [-0.05, 0) is 94.1 Å². The second-order valence-corrected chi connectivity index (χ2v) is 13.6. The van der Waals surface area contributed by atoms with E-state index in [0.29, 0.717) is 0 Å². The highest BCUT2D eigenvalue weighted by Gasteiger charge is 2.16. The fraction of sp³-hybridized carbons (Fsp3) is 0.619. The molecule has 0 bridgehead atoms. The maximum absolute atomic E-state index is 2.51. The third-order valence-electron chi connectivity index (χ3n) is 10.1. The molecule has 0 unspecified atom stereocenters. The van der Waals surface area contributed by atoms with Crippen molar-refractivity contribution >= 4 is 32.3 Å². The van der Waals surface area contributed by atoms with E-state index in [0.717, 1.165) is 0 Å². The molecule has 0 heterocycles. The lowest BCUT2D eigenvalue weighted by atomic mass is 9.85. The van der Waals surface area contributed by atoms with Gasteiger partial charge in [0, 0.05) is 0 Å². The molecule has 42 heavy (non-hydrogen) atoms. The van der Waals surface area contributed by atoms with Crippen LogP contribution in [0.5, 0.6) is 0 Å².